The van der Waals surface area contributed by atoms with Crippen molar-refractivity contribution >= 4 is 62.3 Å². The number of nitrogens with one attached hydrogen (secondary N) is 4. The molecule has 1 aromatic heterocycles. The third-order valence-corrected chi connectivity index (χ3v) is 10.7. The van der Waals surface area contributed by atoms with Crippen molar-refractivity contribution < 1.29 is 28.8 Å². The van der Waals surface area contributed by atoms with Crippen LogP contribution < -0.4 is 21.3 Å². The molecule has 13 nitrogen and oxygen atoms in total. The fourth-order valence-electron chi connectivity index (χ4n) is 7.87. The van der Waals surface area contributed by atoms with Crippen LogP contribution in [0.5, 0.6) is 0 Å². The van der Waals surface area contributed by atoms with E-state index in [-0.39, 0.29) is 92.1 Å². The summed E-state index contributed by atoms with van der Waals surface area (Å²) >= 11 is 0. The van der Waals surface area contributed by atoms with E-state index in [0.29, 0.717) is 19.4 Å². The van der Waals surface area contributed by atoms with E-state index in [1.807, 2.05) is 27.7 Å². The molecule has 5 amide bonds. The fourth-order valence-corrected chi connectivity index (χ4v) is 7.87. The summed E-state index contributed by atoms with van der Waals surface area (Å²) in [6.45, 7) is 7.85. The number of hydrogen-bond acceptors (Lipinski definition) is 8. The Morgan fingerprint density at radius 3 is 2.05 bits per heavy atom. The normalized spacial score (nSPS) is 21.6. The van der Waals surface area contributed by atoms with Crippen molar-refractivity contribution in [2.75, 3.05) is 6.54 Å². The summed E-state index contributed by atoms with van der Waals surface area (Å²) in [5, 5.41) is 11.5. The van der Waals surface area contributed by atoms with Gasteiger partial charge in [-0.25, -0.2) is 4.98 Å². The van der Waals surface area contributed by atoms with Gasteiger partial charge in [-0.1, -0.05) is 89.5 Å². The quantitative estimate of drug-likeness (QED) is 0.196. The number of ketones is 1. The Kier molecular flexibility index (Phi) is 23.3. The molecule has 1 aromatic rings. The Morgan fingerprint density at radius 2 is 1.49 bits per heavy atom. The van der Waals surface area contributed by atoms with Crippen molar-refractivity contribution in [2.24, 2.45) is 23.2 Å². The molecule has 0 radical (unpaired) electrons. The molecule has 0 unspecified atom stereocenters. The minimum absolute atomic E-state index is 0. The van der Waals surface area contributed by atoms with Crippen LogP contribution >= 0.6 is 27.0 Å². The highest BCUT2D eigenvalue weighted by Gasteiger charge is 2.52. The molecule has 55 heavy (non-hydrogen) atoms. The van der Waals surface area contributed by atoms with Crippen molar-refractivity contribution in [3.05, 3.63) is 24.3 Å². The van der Waals surface area contributed by atoms with E-state index in [4.69, 9.17) is 0 Å². The number of likely N-dealkylation sites (tertiary alicyclic amines) is 1. The molecule has 0 bridgehead atoms. The van der Waals surface area contributed by atoms with Gasteiger partial charge in [0, 0.05) is 25.0 Å². The number of hydrogen-bond donors (Lipinski definition) is 4. The molecular formula is C40H73N7O6S2. The predicted octanol–water partition coefficient (Wildman–Crippen LogP) is 5.22. The van der Waals surface area contributed by atoms with E-state index < -0.39 is 59.0 Å². The second kappa shape index (κ2) is 23.8. The molecule has 1 aliphatic heterocycles. The van der Waals surface area contributed by atoms with E-state index >= 15 is 0 Å². The number of fused-ring (bicyclic) bond motifs is 1. The second-order valence-corrected chi connectivity index (χ2v) is 15.5. The van der Waals surface area contributed by atoms with Crippen molar-refractivity contribution in [1.29, 1.82) is 0 Å². The van der Waals surface area contributed by atoms with Crippen LogP contribution in [0, 0.1) is 23.2 Å². The van der Waals surface area contributed by atoms with Gasteiger partial charge in [0.25, 0.3) is 11.8 Å². The number of aromatic nitrogens is 2. The van der Waals surface area contributed by atoms with Crippen molar-refractivity contribution in [3.63, 3.8) is 0 Å². The Morgan fingerprint density at radius 1 is 0.836 bits per heavy atom. The van der Waals surface area contributed by atoms with Crippen molar-refractivity contribution in [3.8, 4) is 0 Å². The first-order chi connectivity index (χ1) is 23.4. The average Bonchev–Trinajstić information content (AvgIpc) is 3.65. The van der Waals surface area contributed by atoms with Crippen LogP contribution in [0.1, 0.15) is 145 Å². The summed E-state index contributed by atoms with van der Waals surface area (Å²) in [5.74, 6) is -3.20. The maximum atomic E-state index is 14.6. The van der Waals surface area contributed by atoms with Crippen molar-refractivity contribution in [2.45, 2.75) is 165 Å². The van der Waals surface area contributed by atoms with Gasteiger partial charge in [0.1, 0.15) is 23.8 Å². The summed E-state index contributed by atoms with van der Waals surface area (Å²) in [4.78, 5) is 91.4. The Hall–Kier alpha value is -3.20. The molecule has 3 saturated carbocycles. The van der Waals surface area contributed by atoms with Gasteiger partial charge in [0.15, 0.2) is 0 Å². The highest BCUT2D eigenvalue weighted by atomic mass is 32.1. The van der Waals surface area contributed by atoms with Crippen LogP contribution in [0.3, 0.4) is 0 Å². The minimum atomic E-state index is -0.994. The van der Waals surface area contributed by atoms with Gasteiger partial charge in [-0.2, -0.15) is 27.0 Å². The summed E-state index contributed by atoms with van der Waals surface area (Å²) < 4.78 is 0. The first-order valence-electron chi connectivity index (χ1n) is 18.2. The largest absolute Gasteiger partial charge is 0.347 e. The lowest BCUT2D eigenvalue weighted by molar-refractivity contribution is -0.146. The van der Waals surface area contributed by atoms with Crippen LogP contribution in [0.4, 0.5) is 0 Å². The molecule has 0 aromatic carbocycles. The number of amides is 5. The molecule has 3 aliphatic carbocycles. The van der Waals surface area contributed by atoms with Gasteiger partial charge >= 0.3 is 0 Å². The number of Topliss-reactive ketones (excluding diaryl/α,β-unsaturated/α-hetero) is 1. The van der Waals surface area contributed by atoms with Gasteiger partial charge in [-0.3, -0.25) is 33.8 Å². The maximum Gasteiger partial charge on any atom is 0.289 e. The van der Waals surface area contributed by atoms with E-state index in [9.17, 15) is 28.8 Å². The topological polar surface area (TPSA) is 180 Å². The molecular weight excluding hydrogens is 739 g/mol. The lowest BCUT2D eigenvalue weighted by Gasteiger charge is -2.38. The fraction of sp³-hybridized carbons (Fsp3) is 0.750. The molecule has 4 N–H and O–H groups in total. The molecule has 2 heterocycles. The van der Waals surface area contributed by atoms with Gasteiger partial charge in [0.2, 0.25) is 23.5 Å². The summed E-state index contributed by atoms with van der Waals surface area (Å²) in [5.41, 5.74) is -0.638. The number of nitrogens with zero attached hydrogens (tertiary/aromatic N) is 3. The first kappa shape index (κ1) is 53.9. The Bertz CT molecular complexity index is 1400. The molecule has 4 aliphatic rings. The summed E-state index contributed by atoms with van der Waals surface area (Å²) in [6.07, 6.45) is 13.9. The number of carbonyl (C=O) groups is 6. The summed E-state index contributed by atoms with van der Waals surface area (Å²) in [7, 11) is 0. The van der Waals surface area contributed by atoms with E-state index in [1.54, 1.807) is 4.90 Å². The van der Waals surface area contributed by atoms with Crippen LogP contribution in [0.2, 0.25) is 0 Å². The molecule has 316 valence electrons. The first-order valence-corrected chi connectivity index (χ1v) is 18.2. The SMILES string of the molecule is C.C.C.C.CCC[C@H](NC(=O)[C@H]1[C@H]2CCC[C@H]2CN1C(=O)[C@H](NC(=O)[C@H](NC(=O)c1cnccn1)C1CCCCC1)C(C)(C)C)C(=O)C(=O)NC1CC1.S.S. The Labute approximate surface area is 344 Å². The van der Waals surface area contributed by atoms with Gasteiger partial charge < -0.3 is 26.2 Å². The zero-order valence-electron chi connectivity index (χ0n) is 30.3. The minimum Gasteiger partial charge on any atom is -0.347 e. The van der Waals surface area contributed by atoms with Gasteiger partial charge in [-0.15, -0.1) is 0 Å². The second-order valence-electron chi connectivity index (χ2n) is 15.5. The smallest absolute Gasteiger partial charge is 0.289 e. The van der Waals surface area contributed by atoms with E-state index in [1.165, 1.54) is 18.6 Å². The van der Waals surface area contributed by atoms with Crippen molar-refractivity contribution in [1.82, 2.24) is 36.1 Å². The third-order valence-electron chi connectivity index (χ3n) is 10.7. The summed E-state index contributed by atoms with van der Waals surface area (Å²) in [6, 6.07) is -3.68. The maximum absolute atomic E-state index is 14.6. The van der Waals surface area contributed by atoms with Crippen LogP contribution in [0.25, 0.3) is 0 Å². The molecule has 0 spiro atoms. The predicted molar refractivity (Wildman–Crippen MR) is 228 cm³/mol. The zero-order chi connectivity index (χ0) is 35.3. The lowest BCUT2D eigenvalue weighted by Crippen LogP contribution is -2.62. The van der Waals surface area contributed by atoms with E-state index in [2.05, 4.69) is 31.2 Å². The highest BCUT2D eigenvalue weighted by Crippen LogP contribution is 2.43. The standard InChI is InChI=1S/C36H53N7O6.4CH4.2H2S/c1-5-10-25(29(44)34(48)39-23-15-16-23)40-33(47)28-24-14-9-13-22(24)20-43(28)35(49)30(36(2,3)4)42-32(46)27(21-11-7-6-8-12-21)41-31(45)26-19-37-17-18-38-26;;;;;;/h17-19,21-25,27-28,30H,5-16,20H2,1-4H3,(H,39,48)(H,40,47)(H,41,45)(H,42,46);4*1H4;2*1H2/t22-,24-,25-,27+,28+,30-;;;;;;/m0....../s1. The van der Waals surface area contributed by atoms with Gasteiger partial charge in [-0.05, 0) is 68.1 Å². The Balaban J connectivity index is 0. The number of rotatable bonds is 13. The zero-order valence-corrected chi connectivity index (χ0v) is 32.3. The van der Waals surface area contributed by atoms with Crippen LogP contribution in [-0.4, -0.2) is 86.9 Å². The third kappa shape index (κ3) is 13.5. The molecule has 5 rings (SSSR count). The molecule has 4 fully saturated rings. The van der Waals surface area contributed by atoms with E-state index in [0.717, 1.165) is 64.2 Å². The van der Waals surface area contributed by atoms with Crippen LogP contribution in [0.15, 0.2) is 18.6 Å². The molecule has 1 saturated heterocycles. The molecule has 6 atom stereocenters. The average molecular weight is 812 g/mol. The highest BCUT2D eigenvalue weighted by molar-refractivity contribution is 7.59. The number of carbonyl (C=O) groups excluding carboxylic acids is 6. The monoisotopic (exact) mass is 812 g/mol. The molecule has 15 heteroatoms. The van der Waals surface area contributed by atoms with Gasteiger partial charge in [0.05, 0.1) is 12.2 Å². The van der Waals surface area contributed by atoms with Crippen LogP contribution in [-0.2, 0) is 24.0 Å². The lowest BCUT2D eigenvalue weighted by atomic mass is 9.82.